The highest BCUT2D eigenvalue weighted by atomic mass is 35.5. The first kappa shape index (κ1) is 13.7. The van der Waals surface area contributed by atoms with Crippen LogP contribution >= 0.6 is 11.6 Å². The fourth-order valence-electron chi connectivity index (χ4n) is 2.26. The Kier molecular flexibility index (Phi) is 4.87. The van der Waals surface area contributed by atoms with Crippen molar-refractivity contribution in [2.45, 2.75) is 26.2 Å². The molecule has 2 atom stereocenters. The van der Waals surface area contributed by atoms with Crippen LogP contribution in [0, 0.1) is 0 Å². The average molecular weight is 269 g/mol. The summed E-state index contributed by atoms with van der Waals surface area (Å²) in [6.07, 6.45) is 0.110. The number of anilines is 1. The third-order valence-corrected chi connectivity index (χ3v) is 3.70. The number of ether oxygens (including phenoxy) is 1. The first-order chi connectivity index (χ1) is 8.78. The second kappa shape index (κ2) is 6.41. The Morgan fingerprint density at radius 2 is 1.94 bits per heavy atom. The molecule has 0 radical (unpaired) electrons. The van der Waals surface area contributed by atoms with Crippen LogP contribution in [0.3, 0.4) is 0 Å². The van der Waals surface area contributed by atoms with Gasteiger partial charge in [0.1, 0.15) is 6.23 Å². The van der Waals surface area contributed by atoms with Crippen LogP contribution in [0.1, 0.15) is 25.6 Å². The van der Waals surface area contributed by atoms with E-state index < -0.39 is 0 Å². The number of rotatable bonds is 5. The molecule has 1 saturated heterocycles. The zero-order valence-corrected chi connectivity index (χ0v) is 11.8. The van der Waals surface area contributed by atoms with Crippen molar-refractivity contribution in [2.24, 2.45) is 0 Å². The number of alkyl halides is 1. The van der Waals surface area contributed by atoms with Crippen molar-refractivity contribution in [3.05, 3.63) is 29.8 Å². The van der Waals surface area contributed by atoms with Crippen LogP contribution in [-0.2, 0) is 4.74 Å². The minimum Gasteiger partial charge on any atom is -0.372 e. The SMILES string of the molecule is CCN(CC)c1ccc(C2NCC(CCl)O2)cc1. The number of hydrogen-bond acceptors (Lipinski definition) is 3. The second-order valence-electron chi connectivity index (χ2n) is 4.46. The smallest absolute Gasteiger partial charge is 0.134 e. The number of hydrogen-bond donors (Lipinski definition) is 1. The van der Waals surface area contributed by atoms with E-state index in [2.05, 4.69) is 48.3 Å². The fourth-order valence-corrected chi connectivity index (χ4v) is 2.45. The van der Waals surface area contributed by atoms with E-state index in [1.54, 1.807) is 0 Å². The molecule has 0 saturated carbocycles. The van der Waals surface area contributed by atoms with Gasteiger partial charge in [0.15, 0.2) is 0 Å². The van der Waals surface area contributed by atoms with Crippen LogP contribution in [0.25, 0.3) is 0 Å². The molecule has 1 fully saturated rings. The highest BCUT2D eigenvalue weighted by Gasteiger charge is 2.24. The van der Waals surface area contributed by atoms with Crippen molar-refractivity contribution >= 4 is 17.3 Å². The van der Waals surface area contributed by atoms with Crippen molar-refractivity contribution in [3.8, 4) is 0 Å². The van der Waals surface area contributed by atoms with E-state index in [-0.39, 0.29) is 12.3 Å². The van der Waals surface area contributed by atoms with Gasteiger partial charge in [-0.25, -0.2) is 0 Å². The lowest BCUT2D eigenvalue weighted by molar-refractivity contribution is 0.0528. The zero-order valence-electron chi connectivity index (χ0n) is 11.0. The summed E-state index contributed by atoms with van der Waals surface area (Å²) in [5.74, 6) is 0.543. The van der Waals surface area contributed by atoms with E-state index >= 15 is 0 Å². The summed E-state index contributed by atoms with van der Waals surface area (Å²) in [7, 11) is 0. The molecular weight excluding hydrogens is 248 g/mol. The molecule has 0 aliphatic carbocycles. The van der Waals surface area contributed by atoms with E-state index in [1.165, 1.54) is 11.3 Å². The lowest BCUT2D eigenvalue weighted by atomic mass is 10.1. The second-order valence-corrected chi connectivity index (χ2v) is 4.77. The molecule has 1 aliphatic rings. The van der Waals surface area contributed by atoms with Gasteiger partial charge in [-0.15, -0.1) is 11.6 Å². The third-order valence-electron chi connectivity index (χ3n) is 3.36. The van der Waals surface area contributed by atoms with Crippen LogP contribution in [0.4, 0.5) is 5.69 Å². The van der Waals surface area contributed by atoms with E-state index in [0.29, 0.717) is 5.88 Å². The molecule has 0 bridgehead atoms. The van der Waals surface area contributed by atoms with E-state index in [9.17, 15) is 0 Å². The molecule has 1 heterocycles. The van der Waals surface area contributed by atoms with Crippen molar-refractivity contribution in [2.75, 3.05) is 30.4 Å². The van der Waals surface area contributed by atoms with E-state index in [0.717, 1.165) is 19.6 Å². The number of halogens is 1. The summed E-state index contributed by atoms with van der Waals surface area (Å²) in [4.78, 5) is 2.33. The van der Waals surface area contributed by atoms with Gasteiger partial charge in [0.2, 0.25) is 0 Å². The van der Waals surface area contributed by atoms with E-state index in [4.69, 9.17) is 16.3 Å². The van der Waals surface area contributed by atoms with Gasteiger partial charge < -0.3 is 9.64 Å². The molecule has 1 N–H and O–H groups in total. The Morgan fingerprint density at radius 3 is 2.44 bits per heavy atom. The maximum atomic E-state index is 5.79. The van der Waals surface area contributed by atoms with Gasteiger partial charge >= 0.3 is 0 Å². The summed E-state index contributed by atoms with van der Waals surface area (Å²) in [6, 6.07) is 8.56. The first-order valence-corrected chi connectivity index (χ1v) is 7.11. The Labute approximate surface area is 114 Å². The van der Waals surface area contributed by atoms with Crippen molar-refractivity contribution in [1.29, 1.82) is 0 Å². The standard InChI is InChI=1S/C14H21ClN2O/c1-3-17(4-2)12-7-5-11(6-8-12)14-16-10-13(9-15)18-14/h5-8,13-14,16H,3-4,9-10H2,1-2H3. The van der Waals surface area contributed by atoms with Gasteiger partial charge in [0.05, 0.1) is 6.10 Å². The van der Waals surface area contributed by atoms with Gasteiger partial charge in [0, 0.05) is 31.2 Å². The molecule has 0 amide bonds. The van der Waals surface area contributed by atoms with E-state index in [1.807, 2.05) is 0 Å². The summed E-state index contributed by atoms with van der Waals surface area (Å²) < 4.78 is 5.79. The van der Waals surface area contributed by atoms with Crippen LogP contribution in [0.15, 0.2) is 24.3 Å². The summed E-state index contributed by atoms with van der Waals surface area (Å²) in [6.45, 7) is 7.23. The van der Waals surface area contributed by atoms with Gasteiger partial charge in [-0.3, -0.25) is 5.32 Å². The van der Waals surface area contributed by atoms with Gasteiger partial charge in [0.25, 0.3) is 0 Å². The average Bonchev–Trinajstić information content (AvgIpc) is 2.90. The molecule has 1 aliphatic heterocycles. The molecule has 1 aromatic carbocycles. The molecule has 2 rings (SSSR count). The Morgan fingerprint density at radius 1 is 1.28 bits per heavy atom. The molecule has 18 heavy (non-hydrogen) atoms. The van der Waals surface area contributed by atoms with Crippen LogP contribution in [0.5, 0.6) is 0 Å². The number of nitrogens with zero attached hydrogens (tertiary/aromatic N) is 1. The van der Waals surface area contributed by atoms with Crippen molar-refractivity contribution in [1.82, 2.24) is 5.32 Å². The molecule has 1 aromatic rings. The summed E-state index contributed by atoms with van der Waals surface area (Å²) in [5, 5.41) is 3.33. The van der Waals surface area contributed by atoms with Gasteiger partial charge in [-0.05, 0) is 31.5 Å². The number of benzene rings is 1. The highest BCUT2D eigenvalue weighted by molar-refractivity contribution is 6.18. The highest BCUT2D eigenvalue weighted by Crippen LogP contribution is 2.24. The van der Waals surface area contributed by atoms with Crippen LogP contribution < -0.4 is 10.2 Å². The Hall–Kier alpha value is -0.770. The molecule has 0 aromatic heterocycles. The quantitative estimate of drug-likeness (QED) is 0.831. The normalized spacial score (nSPS) is 23.3. The lowest BCUT2D eigenvalue weighted by Crippen LogP contribution is -2.21. The van der Waals surface area contributed by atoms with Gasteiger partial charge in [-0.1, -0.05) is 12.1 Å². The molecule has 3 nitrogen and oxygen atoms in total. The zero-order chi connectivity index (χ0) is 13.0. The minimum absolute atomic E-state index is 0.0143. The van der Waals surface area contributed by atoms with Crippen molar-refractivity contribution < 1.29 is 4.74 Å². The van der Waals surface area contributed by atoms with Crippen molar-refractivity contribution in [3.63, 3.8) is 0 Å². The van der Waals surface area contributed by atoms with Crippen LogP contribution in [0.2, 0.25) is 0 Å². The largest absolute Gasteiger partial charge is 0.372 e. The maximum absolute atomic E-state index is 5.79. The summed E-state index contributed by atoms with van der Waals surface area (Å²) >= 11 is 5.79. The van der Waals surface area contributed by atoms with Crippen LogP contribution in [-0.4, -0.2) is 31.6 Å². The van der Waals surface area contributed by atoms with Gasteiger partial charge in [-0.2, -0.15) is 0 Å². The minimum atomic E-state index is -0.0143. The third kappa shape index (κ3) is 2.97. The molecule has 100 valence electrons. The first-order valence-electron chi connectivity index (χ1n) is 6.58. The lowest BCUT2D eigenvalue weighted by Gasteiger charge is -2.21. The monoisotopic (exact) mass is 268 g/mol. The fraction of sp³-hybridized carbons (Fsp3) is 0.571. The molecule has 2 unspecified atom stereocenters. The summed E-state index contributed by atoms with van der Waals surface area (Å²) in [5.41, 5.74) is 2.43. The molecule has 0 spiro atoms. The predicted molar refractivity (Wildman–Crippen MR) is 76.3 cm³/mol. The molecule has 4 heteroatoms. The molecular formula is C14H21ClN2O. The number of nitrogens with one attached hydrogen (secondary N) is 1. The maximum Gasteiger partial charge on any atom is 0.134 e. The topological polar surface area (TPSA) is 24.5 Å². The predicted octanol–water partition coefficient (Wildman–Crippen LogP) is 2.76. The Balaban J connectivity index is 2.04. The Bertz CT molecular complexity index is 365.